The minimum Gasteiger partial charge on any atom is -0.547 e. The molecule has 0 aliphatic heterocycles. The largest absolute Gasteiger partial charge is 0.547 e. The average molecular weight is 466 g/mol. The van der Waals surface area contributed by atoms with Crippen LogP contribution >= 0.6 is 7.26 Å². The Bertz CT molecular complexity index is 393. The number of carbonyl (C=O) groups is 2. The number of hydrogen-bond donors (Lipinski definition) is 3. The van der Waals surface area contributed by atoms with Crippen LogP contribution < -0.4 is 10.8 Å². The van der Waals surface area contributed by atoms with Crippen LogP contribution in [0, 0.1) is 5.92 Å². The first-order valence-electron chi connectivity index (χ1n) is 12.2. The van der Waals surface area contributed by atoms with Crippen LogP contribution in [0.5, 0.6) is 0 Å². The van der Waals surface area contributed by atoms with Gasteiger partial charge < -0.3 is 25.8 Å². The van der Waals surface area contributed by atoms with Crippen LogP contribution in [0.1, 0.15) is 99.8 Å². The standard InChI is InChI=1S/C16H36P.C5H11NO2.C3H6O3/c1-5-9-13-17(14-10-6-2,15-11-7-3)16-12-8-4;1-3(2)4(6)5(7)8;1-2(4)3(5)6/h5-16H2,1-4H3;3-4H,6H2,1-2H3,(H,7,8);2,4H,1H3,(H,5,6)/q+1;;/p-1/t;4-;/m.0./s1. The molecule has 0 aromatic heterocycles. The Morgan fingerprint density at radius 1 is 0.806 bits per heavy atom. The van der Waals surface area contributed by atoms with Crippen LogP contribution in [0.25, 0.3) is 0 Å². The lowest BCUT2D eigenvalue weighted by Gasteiger charge is -2.28. The Labute approximate surface area is 192 Å². The lowest BCUT2D eigenvalue weighted by atomic mass is 10.1. The molecule has 0 aromatic rings. The molecule has 0 saturated carbocycles. The second-order valence-corrected chi connectivity index (χ2v) is 13.2. The van der Waals surface area contributed by atoms with Crippen molar-refractivity contribution in [3.05, 3.63) is 0 Å². The van der Waals surface area contributed by atoms with Crippen molar-refractivity contribution in [3.8, 4) is 0 Å². The van der Waals surface area contributed by atoms with E-state index in [1.807, 2.05) is 0 Å². The molecule has 4 N–H and O–H groups in total. The third-order valence-corrected chi connectivity index (χ3v) is 10.3. The lowest BCUT2D eigenvalue weighted by molar-refractivity contribution is -0.314. The smallest absolute Gasteiger partial charge is 0.320 e. The summed E-state index contributed by atoms with van der Waals surface area (Å²) in [5.74, 6) is -2.34. The highest BCUT2D eigenvalue weighted by Gasteiger charge is 2.34. The molecule has 0 aromatic carbocycles. The van der Waals surface area contributed by atoms with Crippen molar-refractivity contribution in [3.63, 3.8) is 0 Å². The SMILES string of the molecule is CC(C)[C@H](N)C(=O)O.CC(O)C(=O)[O-].CCCC[P+](CCCC)(CCCC)CCCC. The van der Waals surface area contributed by atoms with Gasteiger partial charge in [0.05, 0.1) is 36.7 Å². The average Bonchev–Trinajstić information content (AvgIpc) is 2.72. The number of carboxylic acids is 2. The lowest BCUT2D eigenvalue weighted by Crippen LogP contribution is -2.34. The van der Waals surface area contributed by atoms with Gasteiger partial charge in [0, 0.05) is 7.26 Å². The fraction of sp³-hybridized carbons (Fsp3) is 0.917. The van der Waals surface area contributed by atoms with Gasteiger partial charge in [-0.1, -0.05) is 67.2 Å². The number of carbonyl (C=O) groups excluding carboxylic acids is 1. The number of aliphatic hydroxyl groups is 1. The van der Waals surface area contributed by atoms with Gasteiger partial charge in [0.1, 0.15) is 6.04 Å². The van der Waals surface area contributed by atoms with Crippen molar-refractivity contribution in [1.29, 1.82) is 0 Å². The Kier molecular flexibility index (Phi) is 25.3. The van der Waals surface area contributed by atoms with Gasteiger partial charge in [-0.2, -0.15) is 0 Å². The zero-order chi connectivity index (χ0) is 24.9. The van der Waals surface area contributed by atoms with Crippen molar-refractivity contribution in [1.82, 2.24) is 0 Å². The molecular weight excluding hydrogens is 413 g/mol. The maximum Gasteiger partial charge on any atom is 0.320 e. The number of rotatable bonds is 15. The quantitative estimate of drug-likeness (QED) is 0.308. The van der Waals surface area contributed by atoms with Crippen LogP contribution in [0.3, 0.4) is 0 Å². The number of carboxylic acid groups (broad SMARTS) is 2. The predicted octanol–water partition coefficient (Wildman–Crippen LogP) is 4.38. The summed E-state index contributed by atoms with van der Waals surface area (Å²) in [7, 11) is -0.562. The molecule has 1 unspecified atom stereocenters. The van der Waals surface area contributed by atoms with E-state index in [-0.39, 0.29) is 5.92 Å². The highest BCUT2D eigenvalue weighted by atomic mass is 31.2. The van der Waals surface area contributed by atoms with E-state index in [0.29, 0.717) is 0 Å². The fourth-order valence-corrected chi connectivity index (χ4v) is 8.22. The van der Waals surface area contributed by atoms with Crippen LogP contribution in [0.4, 0.5) is 0 Å². The highest BCUT2D eigenvalue weighted by molar-refractivity contribution is 7.75. The molecule has 0 aliphatic carbocycles. The number of unbranched alkanes of at least 4 members (excludes halogenated alkanes) is 4. The molecule has 0 spiro atoms. The summed E-state index contributed by atoms with van der Waals surface area (Å²) >= 11 is 0. The molecule has 6 nitrogen and oxygen atoms in total. The van der Waals surface area contributed by atoms with E-state index in [0.717, 1.165) is 6.92 Å². The molecular formula is C24H52NO5P. The molecule has 0 bridgehead atoms. The van der Waals surface area contributed by atoms with Crippen molar-refractivity contribution < 1.29 is 24.9 Å². The van der Waals surface area contributed by atoms with Gasteiger partial charge in [-0.15, -0.1) is 0 Å². The predicted molar refractivity (Wildman–Crippen MR) is 133 cm³/mol. The number of aliphatic hydroxyl groups excluding tert-OH is 1. The van der Waals surface area contributed by atoms with Gasteiger partial charge in [0.25, 0.3) is 0 Å². The maximum absolute atomic E-state index is 10.0. The molecule has 31 heavy (non-hydrogen) atoms. The van der Waals surface area contributed by atoms with Gasteiger partial charge in [0.2, 0.25) is 0 Å². The van der Waals surface area contributed by atoms with E-state index in [1.165, 1.54) is 51.4 Å². The molecule has 2 atom stereocenters. The Balaban J connectivity index is -0.000000461. The van der Waals surface area contributed by atoms with E-state index >= 15 is 0 Å². The van der Waals surface area contributed by atoms with E-state index < -0.39 is 31.3 Å². The zero-order valence-corrected chi connectivity index (χ0v) is 22.3. The number of hydrogen-bond acceptors (Lipinski definition) is 5. The third-order valence-electron chi connectivity index (χ3n) is 5.29. The van der Waals surface area contributed by atoms with Crippen LogP contribution in [0.15, 0.2) is 0 Å². The van der Waals surface area contributed by atoms with Gasteiger partial charge in [-0.25, -0.2) is 0 Å². The Hall–Kier alpha value is -0.710. The summed E-state index contributed by atoms with van der Waals surface area (Å²) in [5, 5.41) is 25.5. The molecule has 0 heterocycles. The van der Waals surface area contributed by atoms with Crippen molar-refractivity contribution >= 4 is 19.2 Å². The third kappa shape index (κ3) is 22.3. The molecule has 0 amide bonds. The molecule has 0 saturated heterocycles. The topological polar surface area (TPSA) is 124 Å². The summed E-state index contributed by atoms with van der Waals surface area (Å²) in [6, 6.07) is -0.713. The zero-order valence-electron chi connectivity index (χ0n) is 21.4. The normalized spacial score (nSPS) is 12.8. The Morgan fingerprint density at radius 2 is 1.06 bits per heavy atom. The summed E-state index contributed by atoms with van der Waals surface area (Å²) in [6.45, 7) is 14.1. The van der Waals surface area contributed by atoms with Gasteiger partial charge in [-0.05, 0) is 38.5 Å². The molecule has 7 heteroatoms. The summed E-state index contributed by atoms with van der Waals surface area (Å²) in [4.78, 5) is 19.4. The Morgan fingerprint density at radius 3 is 1.16 bits per heavy atom. The van der Waals surface area contributed by atoms with Gasteiger partial charge >= 0.3 is 5.97 Å². The molecule has 0 aliphatic rings. The van der Waals surface area contributed by atoms with Gasteiger partial charge in [-0.3, -0.25) is 4.79 Å². The summed E-state index contributed by atoms with van der Waals surface area (Å²) in [5.41, 5.74) is 5.16. The van der Waals surface area contributed by atoms with Crippen LogP contribution in [-0.4, -0.2) is 58.9 Å². The fourth-order valence-electron chi connectivity index (χ4n) is 2.93. The second-order valence-electron chi connectivity index (χ2n) is 8.75. The first-order valence-corrected chi connectivity index (χ1v) is 14.7. The maximum atomic E-state index is 10.0. The van der Waals surface area contributed by atoms with E-state index in [4.69, 9.17) is 15.9 Å². The monoisotopic (exact) mass is 465 g/mol. The second kappa shape index (κ2) is 22.5. The van der Waals surface area contributed by atoms with Gasteiger partial charge in [0.15, 0.2) is 0 Å². The van der Waals surface area contributed by atoms with E-state index in [9.17, 15) is 14.7 Å². The van der Waals surface area contributed by atoms with E-state index in [1.54, 1.807) is 38.5 Å². The molecule has 0 rings (SSSR count). The van der Waals surface area contributed by atoms with E-state index in [2.05, 4.69) is 27.7 Å². The first-order chi connectivity index (χ1) is 14.4. The molecule has 0 fully saturated rings. The minimum atomic E-state index is -1.44. The molecule has 0 radical (unpaired) electrons. The molecule has 188 valence electrons. The van der Waals surface area contributed by atoms with Crippen molar-refractivity contribution in [2.45, 2.75) is 112 Å². The van der Waals surface area contributed by atoms with Crippen LogP contribution in [-0.2, 0) is 9.59 Å². The number of aliphatic carboxylic acids is 2. The summed E-state index contributed by atoms with van der Waals surface area (Å²) in [6.07, 6.45) is 16.6. The summed E-state index contributed by atoms with van der Waals surface area (Å²) < 4.78 is 0. The van der Waals surface area contributed by atoms with Crippen molar-refractivity contribution in [2.75, 3.05) is 24.6 Å². The van der Waals surface area contributed by atoms with Crippen molar-refractivity contribution in [2.24, 2.45) is 11.7 Å². The minimum absolute atomic E-state index is 0.0208. The van der Waals surface area contributed by atoms with Crippen LogP contribution in [0.2, 0.25) is 0 Å². The highest BCUT2D eigenvalue weighted by Crippen LogP contribution is 2.61. The first kappa shape index (κ1) is 34.9. The number of nitrogens with two attached hydrogens (primary N) is 1.